The molecule has 27 heavy (non-hydrogen) atoms. The number of carbonyl (C=O) groups excluding carboxylic acids is 2. The zero-order chi connectivity index (χ0) is 19.5. The third-order valence-corrected chi connectivity index (χ3v) is 3.51. The van der Waals surface area contributed by atoms with Crippen LogP contribution in [0.5, 0.6) is 0 Å². The van der Waals surface area contributed by atoms with Crippen LogP contribution in [0.15, 0.2) is 36.5 Å². The first-order chi connectivity index (χ1) is 13.1. The fourth-order valence-electron chi connectivity index (χ4n) is 2.24. The number of nitrogens with zero attached hydrogens (tertiary/aromatic N) is 2. The molecule has 2 aromatic rings. The van der Waals surface area contributed by atoms with Crippen LogP contribution in [0.4, 0.5) is 11.5 Å². The normalized spacial score (nSPS) is 10.6. The van der Waals surface area contributed by atoms with Crippen LogP contribution in [0, 0.1) is 0 Å². The van der Waals surface area contributed by atoms with Crippen molar-refractivity contribution in [1.29, 1.82) is 0 Å². The molecule has 0 aliphatic rings. The number of aryl methyl sites for hydroxylation is 1. The highest BCUT2D eigenvalue weighted by Crippen LogP contribution is 2.17. The summed E-state index contributed by atoms with van der Waals surface area (Å²) in [5.41, 5.74) is 6.10. The highest BCUT2D eigenvalue weighted by atomic mass is 16.5. The molecule has 0 radical (unpaired) electrons. The van der Waals surface area contributed by atoms with Crippen LogP contribution in [0.2, 0.25) is 0 Å². The molecule has 0 atom stereocenters. The largest absolute Gasteiger partial charge is 0.379 e. The minimum Gasteiger partial charge on any atom is -0.379 e. The van der Waals surface area contributed by atoms with Crippen molar-refractivity contribution in [2.75, 3.05) is 43.6 Å². The van der Waals surface area contributed by atoms with E-state index in [1.165, 1.54) is 0 Å². The van der Waals surface area contributed by atoms with Crippen LogP contribution in [-0.4, -0.2) is 54.6 Å². The molecule has 9 heteroatoms. The van der Waals surface area contributed by atoms with Crippen molar-refractivity contribution in [2.45, 2.75) is 6.42 Å². The number of amides is 2. The number of nitrogens with one attached hydrogen (secondary N) is 2. The highest BCUT2D eigenvalue weighted by molar-refractivity contribution is 6.09. The van der Waals surface area contributed by atoms with E-state index in [9.17, 15) is 9.59 Å². The second-order valence-electron chi connectivity index (χ2n) is 5.69. The zero-order valence-electron chi connectivity index (χ0n) is 15.3. The van der Waals surface area contributed by atoms with Gasteiger partial charge in [-0.15, -0.1) is 0 Å². The van der Waals surface area contributed by atoms with Crippen molar-refractivity contribution in [1.82, 2.24) is 9.78 Å². The number of benzene rings is 1. The zero-order valence-corrected chi connectivity index (χ0v) is 15.3. The number of anilines is 2. The van der Waals surface area contributed by atoms with E-state index in [4.69, 9.17) is 15.2 Å². The quantitative estimate of drug-likeness (QED) is 0.504. The standard InChI is InChI=1S/C18H25N5O4/c1-23-9-6-16(22-23)21-18(25)14-4-2-3-5-15(14)20-17(24)7-10-26-12-13-27-11-8-19/h2-6,9H,7-8,10-13,19H2,1H3,(H,20,24)(H,21,22,25). The summed E-state index contributed by atoms with van der Waals surface area (Å²) >= 11 is 0. The number of hydrogen-bond donors (Lipinski definition) is 3. The third kappa shape index (κ3) is 7.18. The van der Waals surface area contributed by atoms with Gasteiger partial charge in [-0.25, -0.2) is 0 Å². The molecule has 0 bridgehead atoms. The maximum absolute atomic E-state index is 12.5. The van der Waals surface area contributed by atoms with Gasteiger partial charge in [-0.05, 0) is 12.1 Å². The second-order valence-corrected chi connectivity index (χ2v) is 5.69. The van der Waals surface area contributed by atoms with Crippen LogP contribution in [0.1, 0.15) is 16.8 Å². The number of para-hydroxylation sites is 1. The van der Waals surface area contributed by atoms with Crippen LogP contribution in [0.25, 0.3) is 0 Å². The van der Waals surface area contributed by atoms with E-state index in [0.29, 0.717) is 43.4 Å². The molecule has 0 spiro atoms. The molecule has 0 fully saturated rings. The Morgan fingerprint density at radius 1 is 1.07 bits per heavy atom. The van der Waals surface area contributed by atoms with Gasteiger partial charge in [0.05, 0.1) is 44.1 Å². The summed E-state index contributed by atoms with van der Waals surface area (Å²) in [6.45, 7) is 2.06. The third-order valence-electron chi connectivity index (χ3n) is 3.51. The van der Waals surface area contributed by atoms with E-state index in [0.717, 1.165) is 0 Å². The summed E-state index contributed by atoms with van der Waals surface area (Å²) < 4.78 is 12.1. The van der Waals surface area contributed by atoms with Crippen molar-refractivity contribution in [3.05, 3.63) is 42.1 Å². The summed E-state index contributed by atoms with van der Waals surface area (Å²) in [7, 11) is 1.76. The van der Waals surface area contributed by atoms with Crippen molar-refractivity contribution in [2.24, 2.45) is 12.8 Å². The number of rotatable bonds is 11. The van der Waals surface area contributed by atoms with E-state index in [1.807, 2.05) is 0 Å². The molecule has 9 nitrogen and oxygen atoms in total. The Bertz CT molecular complexity index is 747. The summed E-state index contributed by atoms with van der Waals surface area (Å²) in [6, 6.07) is 8.48. The number of carbonyl (C=O) groups is 2. The maximum Gasteiger partial charge on any atom is 0.258 e. The van der Waals surface area contributed by atoms with Crippen LogP contribution in [0.3, 0.4) is 0 Å². The number of nitrogens with two attached hydrogens (primary N) is 1. The lowest BCUT2D eigenvalue weighted by atomic mass is 10.1. The Kier molecular flexibility index (Phi) is 8.43. The number of ether oxygens (including phenoxy) is 2. The molecule has 1 heterocycles. The van der Waals surface area contributed by atoms with Crippen molar-refractivity contribution >= 4 is 23.3 Å². The fourth-order valence-corrected chi connectivity index (χ4v) is 2.24. The Morgan fingerprint density at radius 3 is 2.52 bits per heavy atom. The van der Waals surface area contributed by atoms with Crippen LogP contribution < -0.4 is 16.4 Å². The van der Waals surface area contributed by atoms with Crippen molar-refractivity contribution in [3.8, 4) is 0 Å². The maximum atomic E-state index is 12.5. The summed E-state index contributed by atoms with van der Waals surface area (Å²) in [6.07, 6.45) is 1.90. The van der Waals surface area contributed by atoms with Crippen LogP contribution in [-0.2, 0) is 21.3 Å². The second kappa shape index (κ2) is 11.1. The number of hydrogen-bond acceptors (Lipinski definition) is 6. The lowest BCUT2D eigenvalue weighted by molar-refractivity contribution is -0.117. The van der Waals surface area contributed by atoms with Gasteiger partial charge in [-0.1, -0.05) is 12.1 Å². The first-order valence-electron chi connectivity index (χ1n) is 8.65. The molecule has 1 aromatic carbocycles. The molecular formula is C18H25N5O4. The van der Waals surface area contributed by atoms with Crippen molar-refractivity contribution in [3.63, 3.8) is 0 Å². The van der Waals surface area contributed by atoms with E-state index in [2.05, 4.69) is 15.7 Å². The molecule has 0 aliphatic carbocycles. The molecule has 0 aliphatic heterocycles. The minimum atomic E-state index is -0.349. The SMILES string of the molecule is Cn1ccc(NC(=O)c2ccccc2NC(=O)CCOCCOCCN)n1. The van der Waals surface area contributed by atoms with Crippen molar-refractivity contribution < 1.29 is 19.1 Å². The smallest absolute Gasteiger partial charge is 0.258 e. The van der Waals surface area contributed by atoms with Gasteiger partial charge in [-0.3, -0.25) is 14.3 Å². The Labute approximate surface area is 157 Å². The summed E-state index contributed by atoms with van der Waals surface area (Å²) in [5.74, 6) is -0.150. The fraction of sp³-hybridized carbons (Fsp3) is 0.389. The lowest BCUT2D eigenvalue weighted by Crippen LogP contribution is -2.19. The predicted molar refractivity (Wildman–Crippen MR) is 102 cm³/mol. The Hall–Kier alpha value is -2.75. The predicted octanol–water partition coefficient (Wildman–Crippen LogP) is 0.993. The molecule has 1 aromatic heterocycles. The Morgan fingerprint density at radius 2 is 1.81 bits per heavy atom. The van der Waals surface area contributed by atoms with E-state index in [-0.39, 0.29) is 24.8 Å². The van der Waals surface area contributed by atoms with Gasteiger partial charge >= 0.3 is 0 Å². The van der Waals surface area contributed by atoms with Gasteiger partial charge in [0.1, 0.15) is 0 Å². The molecular weight excluding hydrogens is 350 g/mol. The van der Waals surface area contributed by atoms with E-state index in [1.54, 1.807) is 48.3 Å². The number of aromatic nitrogens is 2. The molecule has 146 valence electrons. The van der Waals surface area contributed by atoms with Gasteiger partial charge in [0.15, 0.2) is 5.82 Å². The lowest BCUT2D eigenvalue weighted by Gasteiger charge is -2.11. The summed E-state index contributed by atoms with van der Waals surface area (Å²) in [4.78, 5) is 24.5. The minimum absolute atomic E-state index is 0.174. The average molecular weight is 375 g/mol. The van der Waals surface area contributed by atoms with E-state index >= 15 is 0 Å². The summed E-state index contributed by atoms with van der Waals surface area (Å²) in [5, 5.41) is 9.55. The van der Waals surface area contributed by atoms with E-state index < -0.39 is 0 Å². The molecule has 4 N–H and O–H groups in total. The van der Waals surface area contributed by atoms with Gasteiger partial charge < -0.3 is 25.8 Å². The first kappa shape index (κ1) is 20.6. The molecule has 0 saturated carbocycles. The van der Waals surface area contributed by atoms with Gasteiger partial charge in [0.2, 0.25) is 5.91 Å². The van der Waals surface area contributed by atoms with Crippen LogP contribution >= 0.6 is 0 Å². The van der Waals surface area contributed by atoms with Gasteiger partial charge in [0.25, 0.3) is 5.91 Å². The molecule has 2 rings (SSSR count). The first-order valence-corrected chi connectivity index (χ1v) is 8.65. The Balaban J connectivity index is 1.82. The molecule has 2 amide bonds. The average Bonchev–Trinajstić information content (AvgIpc) is 3.06. The van der Waals surface area contributed by atoms with Gasteiger partial charge in [0, 0.05) is 25.9 Å². The topological polar surface area (TPSA) is 120 Å². The van der Waals surface area contributed by atoms with Gasteiger partial charge in [-0.2, -0.15) is 5.10 Å². The monoisotopic (exact) mass is 375 g/mol. The molecule has 0 unspecified atom stereocenters. The highest BCUT2D eigenvalue weighted by Gasteiger charge is 2.14. The molecule has 0 saturated heterocycles.